The van der Waals surface area contributed by atoms with E-state index in [1.54, 1.807) is 0 Å². The van der Waals surface area contributed by atoms with E-state index in [1.807, 2.05) is 49.9 Å². The number of rotatable bonds is 7. The van der Waals surface area contributed by atoms with E-state index < -0.39 is 10.1 Å². The maximum absolute atomic E-state index is 11.7. The smallest absolute Gasteiger partial charge is 0.306 e. The summed E-state index contributed by atoms with van der Waals surface area (Å²) < 4.78 is 30.6. The highest BCUT2D eigenvalue weighted by Crippen LogP contribution is 2.32. The molecule has 0 fully saturated rings. The molecule has 1 aliphatic heterocycles. The summed E-state index contributed by atoms with van der Waals surface area (Å²) in [5, 5.41) is 8.01. The second-order valence-electron chi connectivity index (χ2n) is 6.94. The number of hydrogen-bond donors (Lipinski definition) is 1. The molecule has 1 aromatic rings. The van der Waals surface area contributed by atoms with Gasteiger partial charge in [0.05, 0.1) is 6.26 Å². The van der Waals surface area contributed by atoms with Crippen molar-refractivity contribution in [3.05, 3.63) is 41.2 Å². The highest BCUT2D eigenvalue weighted by Gasteiger charge is 2.25. The fraction of sp³-hybridized carbons (Fsp3) is 0.571. The third-order valence-corrected chi connectivity index (χ3v) is 5.08. The van der Waals surface area contributed by atoms with Gasteiger partial charge in [0.2, 0.25) is 0 Å². The standard InChI is InChI=1S/C19H28N4O3S.C2H6/c1-4-13-23(19-16-10-8-12-20-18(16)21-22(19)2)14-15-9-6-5-7-11-17(15)26-27(3,24)25;1-2/h5-6,9,11H,4,7-8,10,12-14H2,1-3H3,(H,20,21);1-2H3. The van der Waals surface area contributed by atoms with Gasteiger partial charge in [-0.15, -0.1) is 0 Å². The topological polar surface area (TPSA) is 76.5 Å². The van der Waals surface area contributed by atoms with Crippen molar-refractivity contribution in [1.29, 1.82) is 0 Å². The first-order chi connectivity index (χ1) is 13.9. The fourth-order valence-corrected chi connectivity index (χ4v) is 4.07. The second-order valence-corrected chi connectivity index (χ2v) is 8.51. The normalized spacial score (nSPS) is 15.8. The molecule has 0 unspecified atom stereocenters. The fourth-order valence-electron chi connectivity index (χ4n) is 3.57. The molecule has 0 amide bonds. The Morgan fingerprint density at radius 3 is 2.79 bits per heavy atom. The molecule has 1 aromatic heterocycles. The summed E-state index contributed by atoms with van der Waals surface area (Å²) in [5.74, 6) is 2.46. The van der Waals surface area contributed by atoms with E-state index in [2.05, 4.69) is 22.2 Å². The number of nitrogens with zero attached hydrogens (tertiary/aromatic N) is 3. The maximum atomic E-state index is 11.7. The number of aryl methyl sites for hydroxylation is 1. The molecule has 7 nitrogen and oxygen atoms in total. The van der Waals surface area contributed by atoms with E-state index in [-0.39, 0.29) is 0 Å². The predicted octanol–water partition coefficient (Wildman–Crippen LogP) is 3.77. The summed E-state index contributed by atoms with van der Waals surface area (Å²) in [6, 6.07) is 0. The Morgan fingerprint density at radius 2 is 2.10 bits per heavy atom. The Morgan fingerprint density at radius 1 is 1.34 bits per heavy atom. The SMILES string of the molecule is CC.CCCN(CC1=CC=CCC=C1OS(C)(=O)=O)c1c2c(nn1C)NCCC2. The molecule has 2 heterocycles. The van der Waals surface area contributed by atoms with Crippen molar-refractivity contribution in [3.8, 4) is 0 Å². The van der Waals surface area contributed by atoms with E-state index in [4.69, 9.17) is 4.18 Å². The van der Waals surface area contributed by atoms with Crippen LogP contribution < -0.4 is 10.2 Å². The van der Waals surface area contributed by atoms with Crippen LogP contribution in [0.15, 0.2) is 35.6 Å². The second kappa shape index (κ2) is 10.5. The van der Waals surface area contributed by atoms with Crippen LogP contribution >= 0.6 is 0 Å². The summed E-state index contributed by atoms with van der Waals surface area (Å²) in [6.07, 6.45) is 12.5. The summed E-state index contributed by atoms with van der Waals surface area (Å²) in [4.78, 5) is 2.27. The lowest BCUT2D eigenvalue weighted by molar-refractivity contribution is 0.416. The van der Waals surface area contributed by atoms with Crippen LogP contribution in [0.25, 0.3) is 0 Å². The lowest BCUT2D eigenvalue weighted by atomic mass is 10.1. The van der Waals surface area contributed by atoms with Gasteiger partial charge in [0.25, 0.3) is 0 Å². The van der Waals surface area contributed by atoms with Gasteiger partial charge in [0, 0.05) is 37.8 Å². The lowest BCUT2D eigenvalue weighted by Gasteiger charge is -2.28. The number of nitrogens with one attached hydrogen (secondary N) is 1. The average molecular weight is 423 g/mol. The average Bonchev–Trinajstić information content (AvgIpc) is 2.86. The molecular weight excluding hydrogens is 388 g/mol. The van der Waals surface area contributed by atoms with Gasteiger partial charge in [-0.3, -0.25) is 4.68 Å². The maximum Gasteiger partial charge on any atom is 0.306 e. The largest absolute Gasteiger partial charge is 0.383 e. The Hall–Kier alpha value is -2.22. The molecule has 0 radical (unpaired) electrons. The summed E-state index contributed by atoms with van der Waals surface area (Å²) in [6.45, 7) is 8.49. The highest BCUT2D eigenvalue weighted by molar-refractivity contribution is 7.86. The van der Waals surface area contributed by atoms with Crippen molar-refractivity contribution in [3.63, 3.8) is 0 Å². The van der Waals surface area contributed by atoms with Crippen molar-refractivity contribution in [2.24, 2.45) is 7.05 Å². The first kappa shape index (κ1) is 23.1. The molecule has 0 saturated heterocycles. The predicted molar refractivity (Wildman–Crippen MR) is 120 cm³/mol. The molecule has 0 atom stereocenters. The molecule has 162 valence electrons. The van der Waals surface area contributed by atoms with Crippen molar-refractivity contribution >= 4 is 21.8 Å². The van der Waals surface area contributed by atoms with Gasteiger partial charge in [-0.25, -0.2) is 0 Å². The minimum atomic E-state index is -3.58. The number of hydrogen-bond acceptors (Lipinski definition) is 6. The molecule has 3 rings (SSSR count). The van der Waals surface area contributed by atoms with E-state index in [1.165, 1.54) is 5.56 Å². The van der Waals surface area contributed by atoms with E-state index in [9.17, 15) is 8.42 Å². The lowest BCUT2D eigenvalue weighted by Crippen LogP contribution is -2.30. The van der Waals surface area contributed by atoms with Gasteiger partial charge in [0.15, 0.2) is 5.82 Å². The van der Waals surface area contributed by atoms with Crippen molar-refractivity contribution in [2.45, 2.75) is 46.5 Å². The van der Waals surface area contributed by atoms with Crippen LogP contribution in [0.2, 0.25) is 0 Å². The van der Waals surface area contributed by atoms with Gasteiger partial charge in [-0.2, -0.15) is 13.5 Å². The van der Waals surface area contributed by atoms with Crippen LogP contribution in [0, 0.1) is 0 Å². The van der Waals surface area contributed by atoms with E-state index >= 15 is 0 Å². The quantitative estimate of drug-likeness (QED) is 0.674. The number of aromatic nitrogens is 2. The van der Waals surface area contributed by atoms with Crippen LogP contribution in [0.3, 0.4) is 0 Å². The van der Waals surface area contributed by atoms with Crippen molar-refractivity contribution in [2.75, 3.05) is 36.1 Å². The van der Waals surface area contributed by atoms with E-state index in [0.717, 1.165) is 55.8 Å². The molecule has 0 spiro atoms. The highest BCUT2D eigenvalue weighted by atomic mass is 32.2. The zero-order chi connectivity index (χ0) is 21.4. The van der Waals surface area contributed by atoms with Gasteiger partial charge >= 0.3 is 10.1 Å². The van der Waals surface area contributed by atoms with Gasteiger partial charge in [0.1, 0.15) is 11.6 Å². The third-order valence-electron chi connectivity index (χ3n) is 4.59. The van der Waals surface area contributed by atoms with Crippen LogP contribution in [-0.4, -0.2) is 44.1 Å². The molecule has 8 heteroatoms. The zero-order valence-corrected chi connectivity index (χ0v) is 19.1. The Labute approximate surface area is 175 Å². The van der Waals surface area contributed by atoms with Crippen LogP contribution in [0.5, 0.6) is 0 Å². The summed E-state index contributed by atoms with van der Waals surface area (Å²) in [5.41, 5.74) is 2.08. The molecule has 2 aliphatic rings. The molecule has 0 bridgehead atoms. The van der Waals surface area contributed by atoms with Crippen LogP contribution in [-0.2, 0) is 27.8 Å². The monoisotopic (exact) mass is 422 g/mol. The molecule has 29 heavy (non-hydrogen) atoms. The Balaban J connectivity index is 0.00000145. The first-order valence-electron chi connectivity index (χ1n) is 10.4. The molecule has 1 aliphatic carbocycles. The van der Waals surface area contributed by atoms with E-state index in [0.29, 0.717) is 18.7 Å². The van der Waals surface area contributed by atoms with Gasteiger partial charge in [-0.05, 0) is 31.8 Å². The van der Waals surface area contributed by atoms with Crippen molar-refractivity contribution < 1.29 is 12.6 Å². The number of allylic oxidation sites excluding steroid dienone is 4. The number of anilines is 2. The van der Waals surface area contributed by atoms with Crippen LogP contribution in [0.1, 0.15) is 45.6 Å². The first-order valence-corrected chi connectivity index (χ1v) is 12.2. The minimum absolute atomic E-state index is 0.415. The van der Waals surface area contributed by atoms with Gasteiger partial charge < -0.3 is 14.4 Å². The Kier molecular flexibility index (Phi) is 8.37. The summed E-state index contributed by atoms with van der Waals surface area (Å²) in [7, 11) is -1.62. The number of fused-ring (bicyclic) bond motifs is 1. The molecular formula is C21H34N4O3S. The third kappa shape index (κ3) is 6.13. The minimum Gasteiger partial charge on any atom is -0.383 e. The van der Waals surface area contributed by atoms with Crippen molar-refractivity contribution in [1.82, 2.24) is 9.78 Å². The van der Waals surface area contributed by atoms with Crippen LogP contribution in [0.4, 0.5) is 11.6 Å². The molecule has 0 aromatic carbocycles. The molecule has 1 N–H and O–H groups in total. The van der Waals surface area contributed by atoms with Gasteiger partial charge in [-0.1, -0.05) is 39.0 Å². The summed E-state index contributed by atoms with van der Waals surface area (Å²) >= 11 is 0. The zero-order valence-electron chi connectivity index (χ0n) is 18.2. The molecule has 0 saturated carbocycles. The Bertz CT molecular complexity index is 882.